The van der Waals surface area contributed by atoms with E-state index in [2.05, 4.69) is 10.3 Å². The molecule has 1 heterocycles. The van der Waals surface area contributed by atoms with Crippen LogP contribution in [-0.2, 0) is 9.84 Å². The lowest BCUT2D eigenvalue weighted by Gasteiger charge is -2.07. The van der Waals surface area contributed by atoms with E-state index in [9.17, 15) is 22.0 Å². The van der Waals surface area contributed by atoms with Gasteiger partial charge >= 0.3 is 0 Å². The molecule has 8 heteroatoms. The van der Waals surface area contributed by atoms with Crippen molar-refractivity contribution in [1.82, 2.24) is 4.98 Å². The van der Waals surface area contributed by atoms with Crippen molar-refractivity contribution >= 4 is 21.4 Å². The number of carbonyl (C=O) groups is 1. The van der Waals surface area contributed by atoms with Gasteiger partial charge in [0.1, 0.15) is 11.5 Å². The summed E-state index contributed by atoms with van der Waals surface area (Å²) in [7, 11) is -3.54. The van der Waals surface area contributed by atoms with E-state index >= 15 is 0 Å². The fourth-order valence-electron chi connectivity index (χ4n) is 1.55. The van der Waals surface area contributed by atoms with Crippen LogP contribution in [0.25, 0.3) is 0 Å². The van der Waals surface area contributed by atoms with Crippen molar-refractivity contribution < 1.29 is 22.0 Å². The van der Waals surface area contributed by atoms with Crippen LogP contribution in [0.3, 0.4) is 0 Å². The van der Waals surface area contributed by atoms with Crippen LogP contribution in [0.15, 0.2) is 41.3 Å². The van der Waals surface area contributed by atoms with E-state index in [-0.39, 0.29) is 16.3 Å². The van der Waals surface area contributed by atoms with Gasteiger partial charge in [0.05, 0.1) is 10.6 Å². The molecular formula is C13H10F2N2O3S. The molecule has 0 bridgehead atoms. The maximum Gasteiger partial charge on any atom is 0.274 e. The maximum atomic E-state index is 13.6. The Morgan fingerprint density at radius 1 is 1.19 bits per heavy atom. The number of rotatable bonds is 3. The van der Waals surface area contributed by atoms with Gasteiger partial charge in [-0.05, 0) is 30.3 Å². The van der Waals surface area contributed by atoms with Crippen molar-refractivity contribution in [3.05, 3.63) is 53.9 Å². The first-order valence-corrected chi connectivity index (χ1v) is 7.60. The lowest BCUT2D eigenvalue weighted by Crippen LogP contribution is -2.15. The molecule has 0 fully saturated rings. The van der Waals surface area contributed by atoms with Gasteiger partial charge in [0.25, 0.3) is 5.91 Å². The number of halogens is 2. The molecule has 1 aromatic heterocycles. The van der Waals surface area contributed by atoms with Crippen LogP contribution >= 0.6 is 0 Å². The second-order valence-electron chi connectivity index (χ2n) is 4.21. The highest BCUT2D eigenvalue weighted by Gasteiger charge is 2.15. The van der Waals surface area contributed by atoms with Gasteiger partial charge in [-0.1, -0.05) is 6.07 Å². The van der Waals surface area contributed by atoms with E-state index in [4.69, 9.17) is 0 Å². The van der Waals surface area contributed by atoms with E-state index < -0.39 is 27.5 Å². The zero-order valence-corrected chi connectivity index (χ0v) is 11.6. The number of hydrogen-bond acceptors (Lipinski definition) is 4. The molecule has 0 saturated heterocycles. The molecule has 0 aliphatic rings. The van der Waals surface area contributed by atoms with Crippen molar-refractivity contribution in [2.24, 2.45) is 0 Å². The van der Waals surface area contributed by atoms with E-state index in [1.165, 1.54) is 12.1 Å². The number of sulfone groups is 1. The van der Waals surface area contributed by atoms with Crippen LogP contribution in [0.2, 0.25) is 0 Å². The van der Waals surface area contributed by atoms with Gasteiger partial charge in [-0.25, -0.2) is 17.8 Å². The molecule has 0 unspecified atom stereocenters. The largest absolute Gasteiger partial charge is 0.318 e. The second kappa shape index (κ2) is 5.57. The average molecular weight is 312 g/mol. The Kier molecular flexibility index (Phi) is 3.99. The van der Waals surface area contributed by atoms with Crippen molar-refractivity contribution in [3.8, 4) is 0 Å². The van der Waals surface area contributed by atoms with Gasteiger partial charge < -0.3 is 5.32 Å². The van der Waals surface area contributed by atoms with E-state index in [1.807, 2.05) is 0 Å². The number of aromatic nitrogens is 1. The van der Waals surface area contributed by atoms with Gasteiger partial charge in [-0.2, -0.15) is 4.39 Å². The Labute approximate surface area is 119 Å². The first kappa shape index (κ1) is 15.0. The Bertz CT molecular complexity index is 807. The van der Waals surface area contributed by atoms with Gasteiger partial charge in [0, 0.05) is 6.26 Å². The van der Waals surface area contributed by atoms with Crippen LogP contribution in [0.5, 0.6) is 0 Å². The number of nitrogens with zero attached hydrogens (tertiary/aromatic N) is 1. The molecule has 2 rings (SSSR count). The predicted molar refractivity (Wildman–Crippen MR) is 71.7 cm³/mol. The van der Waals surface area contributed by atoms with Crippen LogP contribution in [-0.4, -0.2) is 25.6 Å². The summed E-state index contributed by atoms with van der Waals surface area (Å²) < 4.78 is 49.3. The molecule has 0 saturated carbocycles. The monoisotopic (exact) mass is 312 g/mol. The molecule has 0 spiro atoms. The molecule has 5 nitrogen and oxygen atoms in total. The van der Waals surface area contributed by atoms with E-state index in [0.29, 0.717) is 0 Å². The van der Waals surface area contributed by atoms with Crippen molar-refractivity contribution in [1.29, 1.82) is 0 Å². The summed E-state index contributed by atoms with van der Waals surface area (Å²) in [6.45, 7) is 0. The molecule has 0 aliphatic carbocycles. The van der Waals surface area contributed by atoms with E-state index in [1.54, 1.807) is 0 Å². The highest BCUT2D eigenvalue weighted by atomic mass is 32.2. The Morgan fingerprint density at radius 2 is 1.90 bits per heavy atom. The third kappa shape index (κ3) is 3.60. The summed E-state index contributed by atoms with van der Waals surface area (Å²) in [5.41, 5.74) is -0.576. The number of carbonyl (C=O) groups excluding carboxylic acids is 1. The third-order valence-electron chi connectivity index (χ3n) is 2.56. The topological polar surface area (TPSA) is 76.1 Å². The van der Waals surface area contributed by atoms with Gasteiger partial charge in [-0.3, -0.25) is 4.79 Å². The number of nitrogens with one attached hydrogen (secondary N) is 1. The summed E-state index contributed by atoms with van der Waals surface area (Å²) in [5, 5.41) is 2.16. The van der Waals surface area contributed by atoms with E-state index in [0.717, 1.165) is 30.5 Å². The smallest absolute Gasteiger partial charge is 0.274 e. The number of anilines is 1. The lowest BCUT2D eigenvalue weighted by molar-refractivity contribution is 0.102. The normalized spacial score (nSPS) is 11.2. The molecule has 0 atom stereocenters. The highest BCUT2D eigenvalue weighted by Crippen LogP contribution is 2.20. The molecule has 1 N–H and O–H groups in total. The number of amides is 1. The molecular weight excluding hydrogens is 302 g/mol. The molecule has 1 aromatic carbocycles. The minimum absolute atomic E-state index is 0.147. The number of benzene rings is 1. The second-order valence-corrected chi connectivity index (χ2v) is 6.23. The van der Waals surface area contributed by atoms with Crippen LogP contribution < -0.4 is 5.32 Å². The van der Waals surface area contributed by atoms with Crippen LogP contribution in [0.1, 0.15) is 10.5 Å². The molecule has 110 valence electrons. The standard InChI is InChI=1S/C13H10F2N2O3S/c1-21(19,20)8-5-6-9(14)11(7-8)17-13(18)10-3-2-4-12(15)16-10/h2-7H,1H3,(H,17,18). The molecule has 0 aliphatic heterocycles. The average Bonchev–Trinajstić information content (AvgIpc) is 2.40. The fraction of sp³-hybridized carbons (Fsp3) is 0.0769. The quantitative estimate of drug-likeness (QED) is 0.695. The van der Waals surface area contributed by atoms with Crippen LogP contribution in [0, 0.1) is 11.8 Å². The Morgan fingerprint density at radius 3 is 2.52 bits per heavy atom. The zero-order valence-electron chi connectivity index (χ0n) is 10.8. The summed E-state index contributed by atoms with van der Waals surface area (Å²) in [5.74, 6) is -2.51. The first-order valence-electron chi connectivity index (χ1n) is 5.71. The minimum Gasteiger partial charge on any atom is -0.318 e. The Hall–Kier alpha value is -2.35. The summed E-state index contributed by atoms with van der Waals surface area (Å²) >= 11 is 0. The highest BCUT2D eigenvalue weighted by molar-refractivity contribution is 7.90. The maximum absolute atomic E-state index is 13.6. The number of hydrogen-bond donors (Lipinski definition) is 1. The molecule has 2 aromatic rings. The van der Waals surface area contributed by atoms with Crippen molar-refractivity contribution in [2.45, 2.75) is 4.90 Å². The van der Waals surface area contributed by atoms with Crippen molar-refractivity contribution in [2.75, 3.05) is 11.6 Å². The first-order chi connectivity index (χ1) is 9.77. The SMILES string of the molecule is CS(=O)(=O)c1ccc(F)c(NC(=O)c2cccc(F)n2)c1. The van der Waals surface area contributed by atoms with Gasteiger partial charge in [-0.15, -0.1) is 0 Å². The summed E-state index contributed by atoms with van der Waals surface area (Å²) in [4.78, 5) is 15.0. The molecule has 0 radical (unpaired) electrons. The minimum atomic E-state index is -3.54. The van der Waals surface area contributed by atoms with Crippen LogP contribution in [0.4, 0.5) is 14.5 Å². The molecule has 21 heavy (non-hydrogen) atoms. The summed E-state index contributed by atoms with van der Waals surface area (Å²) in [6.07, 6.45) is 0.958. The Balaban J connectivity index is 2.33. The van der Waals surface area contributed by atoms with Gasteiger partial charge in [0.15, 0.2) is 9.84 Å². The predicted octanol–water partition coefficient (Wildman–Crippen LogP) is 2.02. The fourth-order valence-corrected chi connectivity index (χ4v) is 2.20. The third-order valence-corrected chi connectivity index (χ3v) is 3.67. The van der Waals surface area contributed by atoms with Crippen molar-refractivity contribution in [3.63, 3.8) is 0 Å². The number of pyridine rings is 1. The zero-order chi connectivity index (χ0) is 15.6. The molecule has 1 amide bonds. The summed E-state index contributed by atoms with van der Waals surface area (Å²) in [6, 6.07) is 6.58. The lowest BCUT2D eigenvalue weighted by atomic mass is 10.2. The van der Waals surface area contributed by atoms with Gasteiger partial charge in [0.2, 0.25) is 5.95 Å².